The van der Waals surface area contributed by atoms with Crippen molar-refractivity contribution >= 4 is 46.1 Å². The van der Waals surface area contributed by atoms with E-state index in [9.17, 15) is 9.18 Å². The van der Waals surface area contributed by atoms with Gasteiger partial charge in [0.2, 0.25) is 0 Å². The van der Waals surface area contributed by atoms with Crippen molar-refractivity contribution in [3.05, 3.63) is 61.5 Å². The van der Waals surface area contributed by atoms with E-state index in [2.05, 4.69) is 10.7 Å². The quantitative estimate of drug-likeness (QED) is 0.660. The first-order valence-corrected chi connectivity index (χ1v) is 9.87. The Hall–Kier alpha value is -1.64. The first kappa shape index (κ1) is 20.1. The van der Waals surface area contributed by atoms with Crippen LogP contribution in [0.4, 0.5) is 4.39 Å². The van der Waals surface area contributed by atoms with Crippen LogP contribution in [-0.2, 0) is 6.42 Å². The van der Waals surface area contributed by atoms with Crippen molar-refractivity contribution in [1.29, 1.82) is 0 Å². The topological polar surface area (TPSA) is 70.4 Å². The Balaban J connectivity index is 1.74. The number of carbonyl (C=O) groups is 1. The van der Waals surface area contributed by atoms with Crippen LogP contribution in [0.25, 0.3) is 5.70 Å². The summed E-state index contributed by atoms with van der Waals surface area (Å²) in [5, 5.41) is 5.31. The summed E-state index contributed by atoms with van der Waals surface area (Å²) in [4.78, 5) is 13.1. The van der Waals surface area contributed by atoms with Crippen LogP contribution in [0.3, 0.4) is 0 Å². The van der Waals surface area contributed by atoms with Crippen molar-refractivity contribution in [3.63, 3.8) is 0 Å². The number of thiophene rings is 1. The molecule has 4 N–H and O–H groups in total. The first-order valence-electron chi connectivity index (χ1n) is 8.30. The second-order valence-corrected chi connectivity index (χ2v) is 8.30. The van der Waals surface area contributed by atoms with Gasteiger partial charge < -0.3 is 16.1 Å². The summed E-state index contributed by atoms with van der Waals surface area (Å²) in [6, 6.07) is 7.65. The average Bonchev–Trinajstić information content (AvgIpc) is 3.16. The van der Waals surface area contributed by atoms with Gasteiger partial charge in [-0.1, -0.05) is 35.3 Å². The molecule has 1 amide bonds. The molecule has 1 aromatic heterocycles. The summed E-state index contributed by atoms with van der Waals surface area (Å²) < 4.78 is 13.8. The van der Waals surface area contributed by atoms with Gasteiger partial charge in [0.05, 0.1) is 22.2 Å². The van der Waals surface area contributed by atoms with Crippen molar-refractivity contribution in [1.82, 2.24) is 15.8 Å². The van der Waals surface area contributed by atoms with Crippen molar-refractivity contribution < 1.29 is 9.18 Å². The molecule has 0 saturated carbocycles. The smallest absolute Gasteiger partial charge is 0.261 e. The molecule has 0 bridgehead atoms. The molecule has 2 aromatic rings. The Morgan fingerprint density at radius 3 is 2.85 bits per heavy atom. The summed E-state index contributed by atoms with van der Waals surface area (Å²) >= 11 is 13.8. The second-order valence-electron chi connectivity index (χ2n) is 6.19. The molecule has 0 spiro atoms. The molecule has 144 valence electrons. The largest absolute Gasteiger partial charge is 0.347 e. The maximum Gasteiger partial charge on any atom is 0.261 e. The lowest BCUT2D eigenvalue weighted by atomic mass is 10.1. The standard InChI is InChI=1S/C18H19Cl2FN4OS/c1-25-16(14(19)9-23-25)13-7-15(27-17(13)20)18(26)24-12(8-22)6-10-3-2-4-11(21)5-10/h2-5,7,12,23H,6,8-9,22H2,1H3,(H,24,26)/t12-/m0/s1. The van der Waals surface area contributed by atoms with Crippen LogP contribution in [0.2, 0.25) is 4.34 Å². The molecule has 0 saturated heterocycles. The zero-order valence-electron chi connectivity index (χ0n) is 14.6. The fraction of sp³-hybridized carbons (Fsp3) is 0.278. The van der Waals surface area contributed by atoms with Crippen LogP contribution < -0.4 is 16.5 Å². The number of carbonyl (C=O) groups excluding carboxylic acids is 1. The minimum absolute atomic E-state index is 0.234. The van der Waals surface area contributed by atoms with Crippen molar-refractivity contribution in [2.45, 2.75) is 12.5 Å². The normalized spacial score (nSPS) is 15.4. The molecule has 1 aliphatic heterocycles. The minimum Gasteiger partial charge on any atom is -0.347 e. The van der Waals surface area contributed by atoms with Crippen LogP contribution >= 0.6 is 34.5 Å². The number of hydrogen-bond acceptors (Lipinski definition) is 5. The third-order valence-electron chi connectivity index (χ3n) is 4.22. The Morgan fingerprint density at radius 2 is 2.22 bits per heavy atom. The lowest BCUT2D eigenvalue weighted by Crippen LogP contribution is -2.41. The molecule has 1 aromatic carbocycles. The van der Waals surface area contributed by atoms with Crippen molar-refractivity contribution in [2.24, 2.45) is 5.73 Å². The number of amides is 1. The monoisotopic (exact) mass is 428 g/mol. The van der Waals surface area contributed by atoms with E-state index in [0.717, 1.165) is 11.3 Å². The van der Waals surface area contributed by atoms with Gasteiger partial charge in [0.25, 0.3) is 5.91 Å². The van der Waals surface area contributed by atoms with E-state index in [1.807, 2.05) is 7.05 Å². The summed E-state index contributed by atoms with van der Waals surface area (Å²) in [6.07, 6.45) is 0.440. The summed E-state index contributed by atoms with van der Waals surface area (Å²) in [6.45, 7) is 0.752. The Bertz CT molecular complexity index is 886. The van der Waals surface area contributed by atoms with E-state index in [0.29, 0.717) is 32.8 Å². The molecule has 0 radical (unpaired) electrons. The molecule has 9 heteroatoms. The Morgan fingerprint density at radius 1 is 1.44 bits per heavy atom. The van der Waals surface area contributed by atoms with Gasteiger partial charge in [-0.25, -0.2) is 9.82 Å². The highest BCUT2D eigenvalue weighted by Crippen LogP contribution is 2.37. The average molecular weight is 429 g/mol. The first-order chi connectivity index (χ1) is 12.9. The van der Waals surface area contributed by atoms with E-state index in [4.69, 9.17) is 28.9 Å². The SMILES string of the molecule is CN1NCC(Cl)=C1c1cc(C(=O)N[C@H](CN)Cc2cccc(F)c2)sc1Cl. The second kappa shape index (κ2) is 8.58. The number of hydrogen-bond donors (Lipinski definition) is 3. The van der Waals surface area contributed by atoms with E-state index >= 15 is 0 Å². The van der Waals surface area contributed by atoms with Gasteiger partial charge in [-0.2, -0.15) is 0 Å². The van der Waals surface area contributed by atoms with Gasteiger partial charge in [-0.15, -0.1) is 11.3 Å². The predicted molar refractivity (Wildman–Crippen MR) is 108 cm³/mol. The maximum absolute atomic E-state index is 13.4. The van der Waals surface area contributed by atoms with Crippen LogP contribution in [0.15, 0.2) is 35.4 Å². The Labute approximate surface area is 170 Å². The molecule has 0 aliphatic carbocycles. The highest BCUT2D eigenvalue weighted by molar-refractivity contribution is 7.18. The van der Waals surface area contributed by atoms with Gasteiger partial charge >= 0.3 is 0 Å². The fourth-order valence-electron chi connectivity index (χ4n) is 2.90. The fourth-order valence-corrected chi connectivity index (χ4v) is 4.37. The number of nitrogens with two attached hydrogens (primary N) is 1. The molecule has 2 heterocycles. The zero-order chi connectivity index (χ0) is 19.6. The van der Waals surface area contributed by atoms with Crippen molar-refractivity contribution in [3.8, 4) is 0 Å². The highest BCUT2D eigenvalue weighted by Gasteiger charge is 2.25. The van der Waals surface area contributed by atoms with Gasteiger partial charge in [-0.3, -0.25) is 4.79 Å². The lowest BCUT2D eigenvalue weighted by Gasteiger charge is -2.16. The van der Waals surface area contributed by atoms with Crippen LogP contribution in [0.5, 0.6) is 0 Å². The molecule has 0 fully saturated rings. The number of nitrogens with zero attached hydrogens (tertiary/aromatic N) is 1. The third-order valence-corrected chi connectivity index (χ3v) is 5.89. The van der Waals surface area contributed by atoms with Crippen LogP contribution in [0, 0.1) is 5.82 Å². The molecular weight excluding hydrogens is 410 g/mol. The van der Waals surface area contributed by atoms with Crippen LogP contribution in [0.1, 0.15) is 20.8 Å². The molecule has 27 heavy (non-hydrogen) atoms. The molecule has 3 rings (SSSR count). The van der Waals surface area contributed by atoms with Gasteiger partial charge in [0, 0.05) is 25.2 Å². The van der Waals surface area contributed by atoms with E-state index < -0.39 is 0 Å². The van der Waals surface area contributed by atoms with Crippen LogP contribution in [-0.4, -0.2) is 37.1 Å². The highest BCUT2D eigenvalue weighted by atomic mass is 35.5. The summed E-state index contributed by atoms with van der Waals surface area (Å²) in [5.74, 6) is -0.589. The zero-order valence-corrected chi connectivity index (χ0v) is 16.9. The third kappa shape index (κ3) is 4.62. The van der Waals surface area contributed by atoms with E-state index in [1.54, 1.807) is 23.2 Å². The van der Waals surface area contributed by atoms with E-state index in [1.165, 1.54) is 23.5 Å². The molecular formula is C18H19Cl2FN4OS. The molecule has 1 aliphatic rings. The number of rotatable bonds is 6. The lowest BCUT2D eigenvalue weighted by molar-refractivity contribution is 0.0942. The number of halogens is 3. The minimum atomic E-state index is -0.317. The van der Waals surface area contributed by atoms with Gasteiger partial charge in [0.15, 0.2) is 0 Å². The van der Waals surface area contributed by atoms with E-state index in [-0.39, 0.29) is 24.3 Å². The maximum atomic E-state index is 13.4. The number of hydrazine groups is 1. The summed E-state index contributed by atoms with van der Waals surface area (Å²) in [7, 11) is 1.84. The molecule has 0 unspecified atom stereocenters. The van der Waals surface area contributed by atoms with Gasteiger partial charge in [-0.05, 0) is 30.2 Å². The molecule has 5 nitrogen and oxygen atoms in total. The summed E-state index contributed by atoms with van der Waals surface area (Å²) in [5.41, 5.74) is 11.1. The predicted octanol–water partition coefficient (Wildman–Crippen LogP) is 3.20. The number of benzene rings is 1. The van der Waals surface area contributed by atoms with Gasteiger partial charge in [0.1, 0.15) is 10.2 Å². The Kier molecular flexibility index (Phi) is 6.39. The number of nitrogens with one attached hydrogen (secondary N) is 2. The van der Waals surface area contributed by atoms with Crippen molar-refractivity contribution in [2.75, 3.05) is 20.1 Å². The molecule has 1 atom stereocenters.